The van der Waals surface area contributed by atoms with Crippen molar-refractivity contribution in [2.24, 2.45) is 0 Å². The van der Waals surface area contributed by atoms with Crippen molar-refractivity contribution in [3.63, 3.8) is 0 Å². The summed E-state index contributed by atoms with van der Waals surface area (Å²) in [6.07, 6.45) is 2.07. The number of rotatable bonds is 4. The van der Waals surface area contributed by atoms with Crippen molar-refractivity contribution in [3.05, 3.63) is 53.5 Å². The molecule has 0 spiro atoms. The van der Waals surface area contributed by atoms with Crippen LogP contribution in [-0.2, 0) is 14.1 Å². The highest BCUT2D eigenvalue weighted by atomic mass is 32.1. The molecule has 1 aliphatic heterocycles. The Morgan fingerprint density at radius 1 is 1.03 bits per heavy atom. The molecular formula is C23H26BNO3S. The molecule has 0 bridgehead atoms. The lowest BCUT2D eigenvalue weighted by atomic mass is 9.77. The van der Waals surface area contributed by atoms with E-state index < -0.39 is 18.3 Å². The van der Waals surface area contributed by atoms with Crippen LogP contribution in [-0.4, -0.2) is 30.8 Å². The first-order valence-corrected chi connectivity index (χ1v) is 10.7. The maximum atomic E-state index is 11.5. The smallest absolute Gasteiger partial charge is 0.400 e. The molecule has 2 heterocycles. The van der Waals surface area contributed by atoms with Gasteiger partial charge in [-0.2, -0.15) is 0 Å². The Bertz CT molecular complexity index is 1100. The summed E-state index contributed by atoms with van der Waals surface area (Å²) < 4.78 is 15.0. The first-order chi connectivity index (χ1) is 13.7. The molecule has 29 heavy (non-hydrogen) atoms. The summed E-state index contributed by atoms with van der Waals surface area (Å²) in [6.45, 7) is 10.0. The number of hydrogen-bond donors (Lipinski definition) is 1. The zero-order chi connectivity index (χ0) is 20.8. The predicted molar refractivity (Wildman–Crippen MR) is 122 cm³/mol. The minimum Gasteiger partial charge on any atom is -0.400 e. The van der Waals surface area contributed by atoms with Crippen LogP contribution < -0.4 is 5.32 Å². The molecule has 3 aromatic rings. The van der Waals surface area contributed by atoms with Gasteiger partial charge in [-0.3, -0.25) is 4.79 Å². The van der Waals surface area contributed by atoms with E-state index in [1.807, 2.05) is 27.7 Å². The summed E-state index contributed by atoms with van der Waals surface area (Å²) >= 11 is 1.80. The highest BCUT2D eigenvalue weighted by molar-refractivity contribution is 7.25. The van der Waals surface area contributed by atoms with Gasteiger partial charge in [0.1, 0.15) is 0 Å². The van der Waals surface area contributed by atoms with Gasteiger partial charge in [0.2, 0.25) is 5.91 Å². The van der Waals surface area contributed by atoms with Crippen LogP contribution in [0.3, 0.4) is 0 Å². The van der Waals surface area contributed by atoms with Crippen LogP contribution in [0.4, 0.5) is 0 Å². The highest BCUT2D eigenvalue weighted by Crippen LogP contribution is 2.39. The lowest BCUT2D eigenvalue weighted by Crippen LogP contribution is -2.41. The molecule has 1 amide bonds. The molecule has 0 radical (unpaired) electrons. The SMILES string of the molecule is CC(=O)NCC(=Cc1ccc2sc3ccccc3c2c1)B1OC(C)(C)C(C)(C)O1. The van der Waals surface area contributed by atoms with Gasteiger partial charge in [-0.1, -0.05) is 30.3 Å². The van der Waals surface area contributed by atoms with Crippen LogP contribution in [0.1, 0.15) is 40.2 Å². The van der Waals surface area contributed by atoms with Crippen molar-refractivity contribution in [3.8, 4) is 0 Å². The fraction of sp³-hybridized carbons (Fsp3) is 0.348. The Labute approximate surface area is 176 Å². The van der Waals surface area contributed by atoms with Crippen LogP contribution in [0.25, 0.3) is 26.2 Å². The van der Waals surface area contributed by atoms with E-state index in [4.69, 9.17) is 9.31 Å². The van der Waals surface area contributed by atoms with E-state index >= 15 is 0 Å². The maximum Gasteiger partial charge on any atom is 0.492 e. The van der Waals surface area contributed by atoms with Gasteiger partial charge >= 0.3 is 7.12 Å². The van der Waals surface area contributed by atoms with E-state index in [2.05, 4.69) is 53.9 Å². The fourth-order valence-electron chi connectivity index (χ4n) is 3.47. The molecule has 150 valence electrons. The Morgan fingerprint density at radius 2 is 1.69 bits per heavy atom. The molecule has 1 aliphatic rings. The van der Waals surface area contributed by atoms with Crippen molar-refractivity contribution < 1.29 is 14.1 Å². The van der Waals surface area contributed by atoms with Gasteiger partial charge in [-0.15, -0.1) is 11.3 Å². The molecule has 1 aromatic heterocycles. The van der Waals surface area contributed by atoms with E-state index in [9.17, 15) is 4.79 Å². The van der Waals surface area contributed by atoms with E-state index in [-0.39, 0.29) is 5.91 Å². The summed E-state index contributed by atoms with van der Waals surface area (Å²) in [6, 6.07) is 14.9. The number of carbonyl (C=O) groups excluding carboxylic acids is 1. The zero-order valence-electron chi connectivity index (χ0n) is 17.5. The van der Waals surface area contributed by atoms with Crippen LogP contribution in [0.5, 0.6) is 0 Å². The van der Waals surface area contributed by atoms with E-state index in [1.54, 1.807) is 11.3 Å². The molecule has 0 aliphatic carbocycles. The molecule has 4 nitrogen and oxygen atoms in total. The topological polar surface area (TPSA) is 47.6 Å². The Kier molecular flexibility index (Phi) is 5.05. The molecule has 4 rings (SSSR count). The molecule has 1 fully saturated rings. The molecule has 1 N–H and O–H groups in total. The van der Waals surface area contributed by atoms with Crippen molar-refractivity contribution in [2.45, 2.75) is 45.8 Å². The van der Waals surface area contributed by atoms with Crippen molar-refractivity contribution in [1.29, 1.82) is 0 Å². The fourth-order valence-corrected chi connectivity index (χ4v) is 4.56. The van der Waals surface area contributed by atoms with E-state index in [0.717, 1.165) is 11.0 Å². The summed E-state index contributed by atoms with van der Waals surface area (Å²) in [5.41, 5.74) is 1.11. The molecule has 6 heteroatoms. The van der Waals surface area contributed by atoms with Crippen molar-refractivity contribution >= 4 is 50.6 Å². The molecule has 0 atom stereocenters. The first kappa shape index (κ1) is 20.1. The third-order valence-corrected chi connectivity index (χ3v) is 7.00. The number of amides is 1. The van der Waals surface area contributed by atoms with Crippen molar-refractivity contribution in [2.75, 3.05) is 6.54 Å². The van der Waals surface area contributed by atoms with Gasteiger partial charge in [0.15, 0.2) is 0 Å². The van der Waals surface area contributed by atoms with E-state index in [0.29, 0.717) is 6.54 Å². The first-order valence-electron chi connectivity index (χ1n) is 9.88. The van der Waals surface area contributed by atoms with Crippen LogP contribution >= 0.6 is 11.3 Å². The summed E-state index contributed by atoms with van der Waals surface area (Å²) in [4.78, 5) is 11.5. The third kappa shape index (κ3) is 3.85. The van der Waals surface area contributed by atoms with Gasteiger partial charge < -0.3 is 14.6 Å². The monoisotopic (exact) mass is 407 g/mol. The van der Waals surface area contributed by atoms with Gasteiger partial charge in [-0.05, 0) is 56.9 Å². The summed E-state index contributed by atoms with van der Waals surface area (Å²) in [7, 11) is -0.498. The lowest BCUT2D eigenvalue weighted by molar-refractivity contribution is -0.118. The maximum absolute atomic E-state index is 11.5. The summed E-state index contributed by atoms with van der Waals surface area (Å²) in [5.74, 6) is -0.0771. The molecular weight excluding hydrogens is 381 g/mol. The van der Waals surface area contributed by atoms with Gasteiger partial charge in [0.05, 0.1) is 11.2 Å². The quantitative estimate of drug-likeness (QED) is 0.605. The van der Waals surface area contributed by atoms with E-state index in [1.165, 1.54) is 27.1 Å². The number of carbonyl (C=O) groups is 1. The minimum absolute atomic E-state index is 0.0771. The molecule has 0 unspecified atom stereocenters. The number of hydrogen-bond acceptors (Lipinski definition) is 4. The second-order valence-corrected chi connectivity index (χ2v) is 9.65. The third-order valence-electron chi connectivity index (χ3n) is 5.85. The molecule has 0 saturated carbocycles. The summed E-state index contributed by atoms with van der Waals surface area (Å²) in [5, 5.41) is 5.40. The van der Waals surface area contributed by atoms with Crippen LogP contribution in [0, 0.1) is 0 Å². The lowest BCUT2D eigenvalue weighted by Gasteiger charge is -2.32. The average Bonchev–Trinajstić information content (AvgIpc) is 3.11. The second kappa shape index (κ2) is 7.28. The van der Waals surface area contributed by atoms with Crippen LogP contribution in [0.2, 0.25) is 0 Å². The van der Waals surface area contributed by atoms with Crippen molar-refractivity contribution in [1.82, 2.24) is 5.32 Å². The number of thiophene rings is 1. The predicted octanol–water partition coefficient (Wildman–Crippen LogP) is 5.21. The van der Waals surface area contributed by atoms with Gasteiger partial charge in [-0.25, -0.2) is 0 Å². The Balaban J connectivity index is 1.74. The number of nitrogens with one attached hydrogen (secondary N) is 1. The van der Waals surface area contributed by atoms with Gasteiger partial charge in [0.25, 0.3) is 0 Å². The second-order valence-electron chi connectivity index (χ2n) is 8.57. The molecule has 2 aromatic carbocycles. The van der Waals surface area contributed by atoms with Gasteiger partial charge in [0, 0.05) is 33.6 Å². The number of fused-ring (bicyclic) bond motifs is 3. The molecule has 1 saturated heterocycles. The Morgan fingerprint density at radius 3 is 2.38 bits per heavy atom. The zero-order valence-corrected chi connectivity index (χ0v) is 18.4. The number of benzene rings is 2. The van der Waals surface area contributed by atoms with Crippen LogP contribution in [0.15, 0.2) is 47.9 Å². The largest absolute Gasteiger partial charge is 0.492 e. The standard InChI is InChI=1S/C23H26BNO3S/c1-15(26)25-14-17(24-27-22(2,3)23(4,5)28-24)12-16-10-11-21-19(13-16)18-8-6-7-9-20(18)29-21/h6-13H,14H2,1-5H3,(H,25,26). The Hall–Kier alpha value is -2.15. The average molecular weight is 407 g/mol. The minimum atomic E-state index is -0.498. The highest BCUT2D eigenvalue weighted by Gasteiger charge is 2.52. The normalized spacial score (nSPS) is 18.5.